The lowest BCUT2D eigenvalue weighted by Crippen LogP contribution is -2.20. The van der Waals surface area contributed by atoms with Crippen molar-refractivity contribution in [1.82, 2.24) is 14.5 Å². The zero-order valence-electron chi connectivity index (χ0n) is 13.2. The SMILES string of the molecule is Oc1cccc(-c2nccn2[C@@H]2COC[C@@H]2Cc2ccncc2)c1. The second kappa shape index (κ2) is 6.45. The molecule has 3 aromatic rings. The van der Waals surface area contributed by atoms with Gasteiger partial charge in [-0.05, 0) is 36.2 Å². The molecule has 1 aliphatic heterocycles. The Kier molecular flexibility index (Phi) is 4.01. The fourth-order valence-corrected chi connectivity index (χ4v) is 3.36. The number of aromatic hydroxyl groups is 1. The first-order valence-corrected chi connectivity index (χ1v) is 8.10. The molecular formula is C19H19N3O2. The minimum atomic E-state index is 0.234. The minimum absolute atomic E-state index is 0.234. The van der Waals surface area contributed by atoms with E-state index in [2.05, 4.69) is 26.7 Å². The average Bonchev–Trinajstić information content (AvgIpc) is 3.24. The van der Waals surface area contributed by atoms with Crippen LogP contribution in [0.15, 0.2) is 61.2 Å². The van der Waals surface area contributed by atoms with Crippen molar-refractivity contribution < 1.29 is 9.84 Å². The van der Waals surface area contributed by atoms with Crippen molar-refractivity contribution in [2.75, 3.05) is 13.2 Å². The first kappa shape index (κ1) is 14.9. The molecule has 1 fully saturated rings. The molecule has 0 radical (unpaired) electrons. The van der Waals surface area contributed by atoms with Crippen LogP contribution in [0.3, 0.4) is 0 Å². The Morgan fingerprint density at radius 3 is 2.83 bits per heavy atom. The fourth-order valence-electron chi connectivity index (χ4n) is 3.36. The fraction of sp³-hybridized carbons (Fsp3) is 0.263. The Labute approximate surface area is 140 Å². The number of hydrogen-bond donors (Lipinski definition) is 1. The van der Waals surface area contributed by atoms with E-state index in [1.54, 1.807) is 18.3 Å². The van der Waals surface area contributed by atoms with Crippen molar-refractivity contribution in [3.05, 3.63) is 66.7 Å². The van der Waals surface area contributed by atoms with Gasteiger partial charge in [-0.25, -0.2) is 4.98 Å². The van der Waals surface area contributed by atoms with Gasteiger partial charge in [-0.1, -0.05) is 12.1 Å². The molecule has 2 atom stereocenters. The highest BCUT2D eigenvalue weighted by Gasteiger charge is 2.31. The van der Waals surface area contributed by atoms with E-state index in [1.165, 1.54) is 5.56 Å². The molecule has 0 aliphatic carbocycles. The molecular weight excluding hydrogens is 302 g/mol. The van der Waals surface area contributed by atoms with Gasteiger partial charge < -0.3 is 14.4 Å². The molecule has 0 amide bonds. The van der Waals surface area contributed by atoms with Crippen molar-refractivity contribution in [2.45, 2.75) is 12.5 Å². The van der Waals surface area contributed by atoms with Gasteiger partial charge in [0.05, 0.1) is 19.3 Å². The molecule has 0 unspecified atom stereocenters. The number of rotatable bonds is 4. The van der Waals surface area contributed by atoms with Crippen LogP contribution in [0.5, 0.6) is 5.75 Å². The van der Waals surface area contributed by atoms with Crippen molar-refractivity contribution in [2.24, 2.45) is 5.92 Å². The molecule has 122 valence electrons. The number of nitrogens with zero attached hydrogens (tertiary/aromatic N) is 3. The third-order valence-electron chi connectivity index (χ3n) is 4.54. The molecule has 24 heavy (non-hydrogen) atoms. The lowest BCUT2D eigenvalue weighted by Gasteiger charge is -2.21. The van der Waals surface area contributed by atoms with E-state index in [-0.39, 0.29) is 11.8 Å². The van der Waals surface area contributed by atoms with E-state index in [0.717, 1.165) is 24.4 Å². The van der Waals surface area contributed by atoms with E-state index in [1.807, 2.05) is 30.7 Å². The summed E-state index contributed by atoms with van der Waals surface area (Å²) in [5.41, 5.74) is 2.18. The molecule has 0 bridgehead atoms. The lowest BCUT2D eigenvalue weighted by atomic mass is 9.95. The first-order chi connectivity index (χ1) is 11.8. The standard InChI is InChI=1S/C19H19N3O2/c23-17-3-1-2-15(11-17)19-21-8-9-22(19)18-13-24-12-16(18)10-14-4-6-20-7-5-14/h1-9,11,16,18,23H,10,12-13H2/t16-,18+/m0/s1. The van der Waals surface area contributed by atoms with Gasteiger partial charge in [-0.2, -0.15) is 0 Å². The summed E-state index contributed by atoms with van der Waals surface area (Å²) >= 11 is 0. The Morgan fingerprint density at radius 2 is 2.00 bits per heavy atom. The number of hydrogen-bond acceptors (Lipinski definition) is 4. The highest BCUT2D eigenvalue weighted by Crippen LogP contribution is 2.33. The third kappa shape index (κ3) is 2.90. The topological polar surface area (TPSA) is 60.2 Å². The minimum Gasteiger partial charge on any atom is -0.508 e. The van der Waals surface area contributed by atoms with Gasteiger partial charge in [0.25, 0.3) is 0 Å². The number of aromatic nitrogens is 3. The van der Waals surface area contributed by atoms with Crippen molar-refractivity contribution in [1.29, 1.82) is 0 Å². The first-order valence-electron chi connectivity index (χ1n) is 8.10. The summed E-state index contributed by atoms with van der Waals surface area (Å²) in [7, 11) is 0. The summed E-state index contributed by atoms with van der Waals surface area (Å²) < 4.78 is 7.94. The molecule has 1 N–H and O–H groups in total. The van der Waals surface area contributed by atoms with Crippen molar-refractivity contribution >= 4 is 0 Å². The van der Waals surface area contributed by atoms with Crippen LogP contribution in [0.25, 0.3) is 11.4 Å². The summed E-state index contributed by atoms with van der Waals surface area (Å²) in [6.07, 6.45) is 8.41. The highest BCUT2D eigenvalue weighted by molar-refractivity contribution is 5.58. The second-order valence-corrected chi connectivity index (χ2v) is 6.13. The van der Waals surface area contributed by atoms with Gasteiger partial charge in [-0.15, -0.1) is 0 Å². The Morgan fingerprint density at radius 1 is 1.12 bits per heavy atom. The number of ether oxygens (including phenoxy) is 1. The summed E-state index contributed by atoms with van der Waals surface area (Å²) in [5.74, 6) is 1.50. The van der Waals surface area contributed by atoms with Gasteiger partial charge in [0.2, 0.25) is 0 Å². The van der Waals surface area contributed by atoms with Crippen LogP contribution >= 0.6 is 0 Å². The van der Waals surface area contributed by atoms with Crippen LogP contribution in [0.1, 0.15) is 11.6 Å². The summed E-state index contributed by atoms with van der Waals surface area (Å²) in [5, 5.41) is 9.75. The smallest absolute Gasteiger partial charge is 0.140 e. The van der Waals surface area contributed by atoms with Crippen molar-refractivity contribution in [3.63, 3.8) is 0 Å². The molecule has 4 rings (SSSR count). The molecule has 0 spiro atoms. The highest BCUT2D eigenvalue weighted by atomic mass is 16.5. The Hall–Kier alpha value is -2.66. The van der Waals surface area contributed by atoms with Gasteiger partial charge in [0, 0.05) is 36.3 Å². The third-order valence-corrected chi connectivity index (χ3v) is 4.54. The van der Waals surface area contributed by atoms with Gasteiger partial charge >= 0.3 is 0 Å². The van der Waals surface area contributed by atoms with Crippen LogP contribution < -0.4 is 0 Å². The van der Waals surface area contributed by atoms with Gasteiger partial charge in [0.15, 0.2) is 0 Å². The van der Waals surface area contributed by atoms with Crippen molar-refractivity contribution in [3.8, 4) is 17.1 Å². The number of phenols is 1. The lowest BCUT2D eigenvalue weighted by molar-refractivity contribution is 0.181. The van der Waals surface area contributed by atoms with Crippen LogP contribution in [0.2, 0.25) is 0 Å². The molecule has 1 aliphatic rings. The maximum Gasteiger partial charge on any atom is 0.140 e. The van der Waals surface area contributed by atoms with Crippen LogP contribution in [-0.4, -0.2) is 32.9 Å². The zero-order valence-corrected chi connectivity index (χ0v) is 13.2. The van der Waals surface area contributed by atoms with E-state index < -0.39 is 0 Å². The van der Waals surface area contributed by atoms with E-state index in [4.69, 9.17) is 4.74 Å². The summed E-state index contributed by atoms with van der Waals surface area (Å²) in [6.45, 7) is 1.42. The molecule has 0 saturated carbocycles. The predicted octanol–water partition coefficient (Wildman–Crippen LogP) is 3.08. The van der Waals surface area contributed by atoms with Gasteiger partial charge in [-0.3, -0.25) is 4.98 Å². The molecule has 2 aromatic heterocycles. The van der Waals surface area contributed by atoms with Crippen LogP contribution in [0, 0.1) is 5.92 Å². The molecule has 5 heteroatoms. The summed E-state index contributed by atoms with van der Waals surface area (Å²) in [6, 6.07) is 11.6. The second-order valence-electron chi connectivity index (χ2n) is 6.13. The maximum absolute atomic E-state index is 9.75. The van der Waals surface area contributed by atoms with E-state index in [9.17, 15) is 5.11 Å². The van der Waals surface area contributed by atoms with E-state index >= 15 is 0 Å². The summed E-state index contributed by atoms with van der Waals surface area (Å²) in [4.78, 5) is 8.58. The number of pyridine rings is 1. The molecule has 3 heterocycles. The number of benzene rings is 1. The number of imidazole rings is 1. The Bertz CT molecular complexity index is 816. The normalized spacial score (nSPS) is 20.3. The molecule has 5 nitrogen and oxygen atoms in total. The van der Waals surface area contributed by atoms with Crippen LogP contribution in [0.4, 0.5) is 0 Å². The molecule has 1 aromatic carbocycles. The molecule has 1 saturated heterocycles. The monoisotopic (exact) mass is 321 g/mol. The number of phenolic OH excluding ortho intramolecular Hbond substituents is 1. The maximum atomic E-state index is 9.75. The average molecular weight is 321 g/mol. The quantitative estimate of drug-likeness (QED) is 0.802. The zero-order chi connectivity index (χ0) is 16.4. The Balaban J connectivity index is 1.63. The van der Waals surface area contributed by atoms with E-state index in [0.29, 0.717) is 12.5 Å². The van der Waals surface area contributed by atoms with Crippen LogP contribution in [-0.2, 0) is 11.2 Å². The predicted molar refractivity (Wildman–Crippen MR) is 90.6 cm³/mol. The largest absolute Gasteiger partial charge is 0.508 e. The van der Waals surface area contributed by atoms with Gasteiger partial charge in [0.1, 0.15) is 11.6 Å².